The Hall–Kier alpha value is -3.81. The third-order valence-corrected chi connectivity index (χ3v) is 8.74. The molecule has 3 heterocycles. The van der Waals surface area contributed by atoms with Crippen LogP contribution >= 0.6 is 0 Å². The molecule has 0 spiro atoms. The van der Waals surface area contributed by atoms with Crippen molar-refractivity contribution in [1.82, 2.24) is 19.4 Å². The third kappa shape index (κ3) is 7.37. The highest BCUT2D eigenvalue weighted by atomic mass is 16.5. The van der Waals surface area contributed by atoms with Gasteiger partial charge in [-0.2, -0.15) is 0 Å². The number of hydrogen-bond acceptors (Lipinski definition) is 8. The van der Waals surface area contributed by atoms with Gasteiger partial charge in [-0.1, -0.05) is 67.6 Å². The van der Waals surface area contributed by atoms with Crippen LogP contribution in [-0.4, -0.2) is 70.2 Å². The number of hydrogen-bond donors (Lipinski definition) is 2. The van der Waals surface area contributed by atoms with Crippen molar-refractivity contribution in [3.05, 3.63) is 104 Å². The summed E-state index contributed by atoms with van der Waals surface area (Å²) in [5.74, 6) is -0.0341. The topological polar surface area (TPSA) is 133 Å². The molecule has 5 rings (SSSR count). The third-order valence-electron chi connectivity index (χ3n) is 8.74. The Morgan fingerprint density at radius 1 is 0.889 bits per heavy atom. The first-order chi connectivity index (χ1) is 21.8. The number of methoxy groups -OCH3 is 2. The van der Waals surface area contributed by atoms with E-state index in [1.54, 1.807) is 0 Å². The molecule has 242 valence electrons. The van der Waals surface area contributed by atoms with Gasteiger partial charge >= 0.3 is 11.7 Å². The Bertz CT molecular complexity index is 1530. The second kappa shape index (κ2) is 15.0. The number of aliphatic hydroxyl groups excluding tert-OH is 1. The number of benzene rings is 2. The van der Waals surface area contributed by atoms with Crippen molar-refractivity contribution in [2.24, 2.45) is 5.92 Å². The molecular weight excluding hydrogens is 580 g/mol. The number of carbonyl (C=O) groups is 1. The van der Waals surface area contributed by atoms with Crippen LogP contribution in [0.4, 0.5) is 4.79 Å². The highest BCUT2D eigenvalue weighted by molar-refractivity contribution is 5.76. The Morgan fingerprint density at radius 2 is 1.51 bits per heavy atom. The smallest absolute Gasteiger partial charge is 0.335 e. The second-order valence-corrected chi connectivity index (χ2v) is 11.7. The van der Waals surface area contributed by atoms with Gasteiger partial charge in [0.05, 0.1) is 43.7 Å². The fourth-order valence-electron chi connectivity index (χ4n) is 6.38. The summed E-state index contributed by atoms with van der Waals surface area (Å²) in [5.41, 5.74) is 0.846. The molecule has 0 unspecified atom stereocenters. The molecule has 2 aromatic carbocycles. The van der Waals surface area contributed by atoms with E-state index in [1.807, 2.05) is 65.6 Å². The summed E-state index contributed by atoms with van der Waals surface area (Å²) in [6.45, 7) is 2.79. The molecule has 45 heavy (non-hydrogen) atoms. The van der Waals surface area contributed by atoms with Crippen LogP contribution in [0, 0.1) is 5.92 Å². The number of nitrogens with one attached hydrogen (secondary N) is 1. The van der Waals surface area contributed by atoms with E-state index in [9.17, 15) is 19.5 Å². The first kappa shape index (κ1) is 32.6. The molecule has 2 amide bonds. The monoisotopic (exact) mass is 622 g/mol. The Morgan fingerprint density at radius 3 is 2.16 bits per heavy atom. The maximum Gasteiger partial charge on any atom is 0.335 e. The summed E-state index contributed by atoms with van der Waals surface area (Å²) in [5, 5.41) is 14.5. The molecule has 3 aromatic rings. The molecule has 0 saturated carbocycles. The minimum absolute atomic E-state index is 0.0341. The zero-order valence-electron chi connectivity index (χ0n) is 25.9. The van der Waals surface area contributed by atoms with Crippen molar-refractivity contribution in [1.29, 1.82) is 0 Å². The van der Waals surface area contributed by atoms with Gasteiger partial charge in [0.1, 0.15) is 19.6 Å². The zero-order valence-corrected chi connectivity index (χ0v) is 25.9. The fourth-order valence-corrected chi connectivity index (χ4v) is 6.38. The van der Waals surface area contributed by atoms with E-state index in [4.69, 9.17) is 18.9 Å². The van der Waals surface area contributed by atoms with Crippen LogP contribution in [0.25, 0.3) is 0 Å². The molecule has 0 aliphatic carbocycles. The maximum absolute atomic E-state index is 13.8. The summed E-state index contributed by atoms with van der Waals surface area (Å²) >= 11 is 0. The van der Waals surface area contributed by atoms with Gasteiger partial charge in [-0.15, -0.1) is 0 Å². The quantitative estimate of drug-likeness (QED) is 0.297. The van der Waals surface area contributed by atoms with Crippen molar-refractivity contribution in [2.75, 3.05) is 20.8 Å². The number of urea groups is 1. The lowest BCUT2D eigenvalue weighted by Gasteiger charge is -2.52. The molecule has 2 aliphatic rings. The van der Waals surface area contributed by atoms with E-state index in [1.165, 1.54) is 24.9 Å². The molecule has 12 heteroatoms. The van der Waals surface area contributed by atoms with Gasteiger partial charge < -0.3 is 34.3 Å². The van der Waals surface area contributed by atoms with Crippen LogP contribution in [0.3, 0.4) is 0 Å². The minimum atomic E-state index is -1.35. The lowest BCUT2D eigenvalue weighted by atomic mass is 9.80. The van der Waals surface area contributed by atoms with E-state index < -0.39 is 23.4 Å². The first-order valence-electron chi connectivity index (χ1n) is 15.2. The van der Waals surface area contributed by atoms with Crippen molar-refractivity contribution in [2.45, 2.75) is 76.8 Å². The van der Waals surface area contributed by atoms with Gasteiger partial charge in [0.15, 0.2) is 0 Å². The number of aromatic nitrogens is 2. The number of nitrogens with zero attached hydrogens (tertiary/aromatic N) is 3. The van der Waals surface area contributed by atoms with Crippen LogP contribution in [-0.2, 0) is 45.6 Å². The van der Waals surface area contributed by atoms with Crippen LogP contribution in [0.2, 0.25) is 0 Å². The molecule has 6 atom stereocenters. The average Bonchev–Trinajstić information content (AvgIpc) is 3.05. The van der Waals surface area contributed by atoms with Gasteiger partial charge in [-0.25, -0.2) is 14.2 Å². The number of piperidine rings is 1. The molecule has 0 bridgehead atoms. The first-order valence-corrected chi connectivity index (χ1v) is 15.2. The summed E-state index contributed by atoms with van der Waals surface area (Å²) in [6.07, 6.45) is -0.604. The zero-order chi connectivity index (χ0) is 31.9. The molecule has 2 aliphatic heterocycles. The number of ether oxygens (including phenoxy) is 4. The van der Waals surface area contributed by atoms with Crippen LogP contribution in [0.5, 0.6) is 0 Å². The largest absolute Gasteiger partial charge is 0.385 e. The number of aliphatic hydroxyl groups is 1. The highest BCUT2D eigenvalue weighted by Gasteiger charge is 2.48. The standard InChI is InChI=1S/C33H42N4O8/c1-22-28(19-44-17-23-10-6-4-7-11-23)37-25(15-29(22)45-18-24-12-8-5-9-13-24)14-26(34-32(37)40)31(39)27-16-30(38)36(21-43-3)33(41)35(27)20-42-2/h4-13,16,22,25-26,28-29,31,39H,14-15,17-21H2,1-3H3,(H,34,40)/t22-,25+,26-,28-,29+,31-/m1/s1. The average molecular weight is 623 g/mol. The molecule has 2 N–H and O–H groups in total. The van der Waals surface area contributed by atoms with Gasteiger partial charge in [0.2, 0.25) is 0 Å². The molecule has 1 aromatic heterocycles. The summed E-state index contributed by atoms with van der Waals surface area (Å²) in [6, 6.07) is 19.3. The predicted octanol–water partition coefficient (Wildman–Crippen LogP) is 2.61. The van der Waals surface area contributed by atoms with Crippen LogP contribution < -0.4 is 16.6 Å². The molecule has 12 nitrogen and oxygen atoms in total. The van der Waals surface area contributed by atoms with Gasteiger partial charge in [0, 0.05) is 32.2 Å². The number of carbonyl (C=O) groups excluding carboxylic acids is 1. The fraction of sp³-hybridized carbons (Fsp3) is 0.485. The number of fused-ring (bicyclic) bond motifs is 1. The number of rotatable bonds is 13. The van der Waals surface area contributed by atoms with Gasteiger partial charge in [0.25, 0.3) is 5.56 Å². The van der Waals surface area contributed by atoms with Crippen LogP contribution in [0.1, 0.15) is 42.7 Å². The van der Waals surface area contributed by atoms with Gasteiger partial charge in [-0.3, -0.25) is 9.36 Å². The summed E-state index contributed by atoms with van der Waals surface area (Å²) in [7, 11) is 2.79. The normalized spacial score (nSPS) is 23.8. The highest BCUT2D eigenvalue weighted by Crippen LogP contribution is 2.37. The lowest BCUT2D eigenvalue weighted by molar-refractivity contribution is -0.101. The predicted molar refractivity (Wildman–Crippen MR) is 165 cm³/mol. The van der Waals surface area contributed by atoms with Gasteiger partial charge in [-0.05, 0) is 24.0 Å². The van der Waals surface area contributed by atoms with Crippen molar-refractivity contribution < 1.29 is 28.8 Å². The summed E-state index contributed by atoms with van der Waals surface area (Å²) < 4.78 is 24.9. The van der Waals surface area contributed by atoms with E-state index in [0.717, 1.165) is 15.7 Å². The van der Waals surface area contributed by atoms with E-state index in [0.29, 0.717) is 32.7 Å². The maximum atomic E-state index is 13.8. The van der Waals surface area contributed by atoms with Crippen LogP contribution in [0.15, 0.2) is 76.3 Å². The molecule has 2 fully saturated rings. The van der Waals surface area contributed by atoms with Crippen molar-refractivity contribution in [3.8, 4) is 0 Å². The SMILES string of the molecule is COCn1c([C@H](O)[C@H]2C[C@H]3C[C@H](OCc4ccccc4)[C@H](C)[C@@H](COCc4ccccc4)N3C(=O)N2)cc(=O)n(COC)c1=O. The molecule has 0 radical (unpaired) electrons. The Labute approximate surface area is 262 Å². The van der Waals surface area contributed by atoms with Crippen molar-refractivity contribution >= 4 is 6.03 Å². The minimum Gasteiger partial charge on any atom is -0.385 e. The van der Waals surface area contributed by atoms with E-state index in [2.05, 4.69) is 12.2 Å². The molecular formula is C33H42N4O8. The second-order valence-electron chi connectivity index (χ2n) is 11.7. The Kier molecular flexibility index (Phi) is 10.8. The molecule has 2 saturated heterocycles. The lowest BCUT2D eigenvalue weighted by Crippen LogP contribution is -2.67. The van der Waals surface area contributed by atoms with E-state index >= 15 is 0 Å². The Balaban J connectivity index is 1.39. The summed E-state index contributed by atoms with van der Waals surface area (Å²) in [4.78, 5) is 41.5. The van der Waals surface area contributed by atoms with Crippen molar-refractivity contribution in [3.63, 3.8) is 0 Å². The van der Waals surface area contributed by atoms with E-state index in [-0.39, 0.29) is 49.3 Å². The number of amides is 2.